The molecule has 1 amide bonds. The third-order valence-corrected chi connectivity index (χ3v) is 5.73. The fraction of sp³-hybridized carbons (Fsp3) is 0.200. The van der Waals surface area contributed by atoms with Crippen LogP contribution in [0.1, 0.15) is 39.1 Å². The Morgan fingerprint density at radius 3 is 2.18 bits per heavy atom. The summed E-state index contributed by atoms with van der Waals surface area (Å²) < 4.78 is 19.4. The topological polar surface area (TPSA) is 116 Å². The van der Waals surface area contributed by atoms with Crippen LogP contribution < -0.4 is 5.32 Å². The second-order valence-corrected chi connectivity index (χ2v) is 7.76. The summed E-state index contributed by atoms with van der Waals surface area (Å²) in [5.74, 6) is -2.30. The number of rotatable bonds is 7. The highest BCUT2D eigenvalue weighted by Crippen LogP contribution is 2.44. The Hall–Kier alpha value is -3.75. The van der Waals surface area contributed by atoms with Gasteiger partial charge in [0.1, 0.15) is 24.6 Å². The Kier molecular flexibility index (Phi) is 6.39. The molecule has 2 atom stereocenters. The average molecular weight is 451 g/mol. The average Bonchev–Trinajstić information content (AvgIpc) is 3.14. The van der Waals surface area contributed by atoms with E-state index in [0.29, 0.717) is 0 Å². The molecule has 1 aliphatic carbocycles. The first kappa shape index (κ1) is 22.4. The monoisotopic (exact) mass is 451 g/mol. The second kappa shape index (κ2) is 9.40. The third-order valence-electron chi connectivity index (χ3n) is 5.73. The fourth-order valence-electron chi connectivity index (χ4n) is 4.06. The number of aromatic carboxylic acids is 1. The summed E-state index contributed by atoms with van der Waals surface area (Å²) in [5.41, 5.74) is 3.67. The van der Waals surface area contributed by atoms with Crippen molar-refractivity contribution in [2.75, 3.05) is 13.2 Å². The van der Waals surface area contributed by atoms with E-state index in [0.717, 1.165) is 40.5 Å². The van der Waals surface area contributed by atoms with E-state index >= 15 is 0 Å². The first-order valence-corrected chi connectivity index (χ1v) is 10.3. The normalized spacial score (nSPS) is 14.2. The minimum Gasteiger partial charge on any atom is -0.478 e. The Morgan fingerprint density at radius 2 is 1.58 bits per heavy atom. The van der Waals surface area contributed by atoms with E-state index in [9.17, 15) is 24.2 Å². The van der Waals surface area contributed by atoms with Crippen molar-refractivity contribution < 1.29 is 34.0 Å². The van der Waals surface area contributed by atoms with Gasteiger partial charge in [0.25, 0.3) is 0 Å². The first-order chi connectivity index (χ1) is 15.9. The maximum atomic E-state index is 14.0. The van der Waals surface area contributed by atoms with Crippen LogP contribution in [0.15, 0.2) is 66.7 Å². The molecule has 4 rings (SSSR count). The smallest absolute Gasteiger partial charge is 0.407 e. The van der Waals surface area contributed by atoms with Crippen molar-refractivity contribution in [1.29, 1.82) is 0 Å². The van der Waals surface area contributed by atoms with Crippen molar-refractivity contribution in [3.8, 4) is 11.1 Å². The number of nitrogens with one attached hydrogen (secondary N) is 1. The number of hydrogen-bond acceptors (Lipinski definition) is 5. The summed E-state index contributed by atoms with van der Waals surface area (Å²) >= 11 is 0. The zero-order chi connectivity index (χ0) is 23.5. The number of alkyl carbamates (subject to hydrolysis) is 1. The van der Waals surface area contributed by atoms with Gasteiger partial charge in [-0.2, -0.15) is 0 Å². The van der Waals surface area contributed by atoms with Crippen LogP contribution in [-0.4, -0.2) is 46.6 Å². The molecular weight excluding hydrogens is 429 g/mol. The molecule has 33 heavy (non-hydrogen) atoms. The molecular formula is C25H22FNO6. The standard InChI is InChI=1S/C25H22FNO6/c26-21-10-9-14(24(30)31)11-19(21)23(29)22(28)12-27-25(32)33-13-20-17-7-3-1-5-15(17)16-6-2-4-8-18(16)20/h1-11,20,22-23,28-29H,12-13H2,(H,27,32)(H,30,31). The molecule has 1 aliphatic rings. The van der Waals surface area contributed by atoms with Crippen molar-refractivity contribution in [2.45, 2.75) is 18.1 Å². The molecule has 0 bridgehead atoms. The van der Waals surface area contributed by atoms with Gasteiger partial charge in [-0.25, -0.2) is 14.0 Å². The molecule has 3 aromatic carbocycles. The number of benzene rings is 3. The molecule has 8 heteroatoms. The van der Waals surface area contributed by atoms with Gasteiger partial charge in [-0.3, -0.25) is 0 Å². The highest BCUT2D eigenvalue weighted by atomic mass is 19.1. The summed E-state index contributed by atoms with van der Waals surface area (Å²) in [7, 11) is 0. The van der Waals surface area contributed by atoms with Crippen molar-refractivity contribution in [3.63, 3.8) is 0 Å². The van der Waals surface area contributed by atoms with Gasteiger partial charge in [-0.05, 0) is 40.5 Å². The largest absolute Gasteiger partial charge is 0.478 e. The lowest BCUT2D eigenvalue weighted by molar-refractivity contribution is 0.0165. The molecule has 0 fully saturated rings. The molecule has 4 N–H and O–H groups in total. The van der Waals surface area contributed by atoms with Gasteiger partial charge in [-0.15, -0.1) is 0 Å². The van der Waals surface area contributed by atoms with E-state index in [-0.39, 0.29) is 23.7 Å². The lowest BCUT2D eigenvalue weighted by Gasteiger charge is -2.20. The Balaban J connectivity index is 1.36. The number of ether oxygens (including phenoxy) is 1. The number of aliphatic hydroxyl groups excluding tert-OH is 2. The van der Waals surface area contributed by atoms with Crippen molar-refractivity contribution in [3.05, 3.63) is 94.8 Å². The molecule has 0 heterocycles. The van der Waals surface area contributed by atoms with E-state index < -0.39 is 36.6 Å². The molecule has 0 radical (unpaired) electrons. The van der Waals surface area contributed by atoms with Crippen LogP contribution in [-0.2, 0) is 4.74 Å². The minimum absolute atomic E-state index is 0.0772. The van der Waals surface area contributed by atoms with E-state index in [1.807, 2.05) is 48.5 Å². The van der Waals surface area contributed by atoms with Crippen LogP contribution in [0.25, 0.3) is 11.1 Å². The van der Waals surface area contributed by atoms with Gasteiger partial charge in [-0.1, -0.05) is 48.5 Å². The van der Waals surface area contributed by atoms with E-state index in [4.69, 9.17) is 9.84 Å². The highest BCUT2D eigenvalue weighted by Gasteiger charge is 2.29. The Labute approximate surface area is 189 Å². The molecule has 7 nitrogen and oxygen atoms in total. The third kappa shape index (κ3) is 4.57. The van der Waals surface area contributed by atoms with Crippen LogP contribution in [0, 0.1) is 5.82 Å². The maximum Gasteiger partial charge on any atom is 0.407 e. The van der Waals surface area contributed by atoms with E-state index in [2.05, 4.69) is 5.32 Å². The van der Waals surface area contributed by atoms with E-state index in [1.165, 1.54) is 0 Å². The van der Waals surface area contributed by atoms with Crippen LogP contribution in [0.5, 0.6) is 0 Å². The number of carbonyl (C=O) groups excluding carboxylic acids is 1. The number of aliphatic hydroxyl groups is 2. The van der Waals surface area contributed by atoms with Crippen LogP contribution in [0.3, 0.4) is 0 Å². The highest BCUT2D eigenvalue weighted by molar-refractivity contribution is 5.87. The zero-order valence-corrected chi connectivity index (χ0v) is 17.4. The summed E-state index contributed by atoms with van der Waals surface area (Å²) in [4.78, 5) is 23.3. The van der Waals surface area contributed by atoms with Gasteiger partial charge in [0.2, 0.25) is 0 Å². The minimum atomic E-state index is -1.74. The SMILES string of the molecule is O=C(NCC(O)C(O)c1cc(C(=O)O)ccc1F)OCC1c2ccccc2-c2ccccc21. The molecule has 170 valence electrons. The number of halogens is 1. The van der Waals surface area contributed by atoms with Gasteiger partial charge in [0.05, 0.1) is 5.56 Å². The number of carboxylic acid groups (broad SMARTS) is 1. The van der Waals surface area contributed by atoms with Gasteiger partial charge >= 0.3 is 12.1 Å². The fourth-order valence-corrected chi connectivity index (χ4v) is 4.06. The van der Waals surface area contributed by atoms with Gasteiger partial charge < -0.3 is 25.4 Å². The van der Waals surface area contributed by atoms with Gasteiger partial charge in [0.15, 0.2) is 0 Å². The van der Waals surface area contributed by atoms with E-state index in [1.54, 1.807) is 0 Å². The first-order valence-electron chi connectivity index (χ1n) is 10.3. The lowest BCUT2D eigenvalue weighted by Crippen LogP contribution is -2.36. The molecule has 3 aromatic rings. The predicted octanol–water partition coefficient (Wildman–Crippen LogP) is 3.46. The lowest BCUT2D eigenvalue weighted by atomic mass is 9.98. The number of carbonyl (C=O) groups is 2. The second-order valence-electron chi connectivity index (χ2n) is 7.76. The summed E-state index contributed by atoms with van der Waals surface area (Å²) in [6.45, 7) is -0.345. The number of carboxylic acids is 1. The Bertz CT molecular complexity index is 1150. The van der Waals surface area contributed by atoms with Crippen molar-refractivity contribution in [1.82, 2.24) is 5.32 Å². The summed E-state index contributed by atoms with van der Waals surface area (Å²) in [5, 5.41) is 31.8. The molecule has 0 aliphatic heterocycles. The number of hydrogen-bond donors (Lipinski definition) is 4. The van der Waals surface area contributed by atoms with Crippen LogP contribution in [0.4, 0.5) is 9.18 Å². The van der Waals surface area contributed by atoms with Crippen LogP contribution in [0.2, 0.25) is 0 Å². The quantitative estimate of drug-likeness (QED) is 0.437. The molecule has 0 aromatic heterocycles. The molecule has 2 unspecified atom stereocenters. The molecule has 0 saturated carbocycles. The molecule has 0 spiro atoms. The van der Waals surface area contributed by atoms with Crippen molar-refractivity contribution in [2.24, 2.45) is 0 Å². The number of amides is 1. The predicted molar refractivity (Wildman–Crippen MR) is 117 cm³/mol. The Morgan fingerprint density at radius 1 is 0.970 bits per heavy atom. The maximum absolute atomic E-state index is 14.0. The summed E-state index contributed by atoms with van der Waals surface area (Å²) in [6, 6.07) is 18.7. The van der Waals surface area contributed by atoms with Gasteiger partial charge in [0, 0.05) is 18.0 Å². The number of fused-ring (bicyclic) bond motifs is 3. The van der Waals surface area contributed by atoms with Crippen molar-refractivity contribution >= 4 is 12.1 Å². The zero-order valence-electron chi connectivity index (χ0n) is 17.4. The van der Waals surface area contributed by atoms with Crippen LogP contribution >= 0.6 is 0 Å². The molecule has 0 saturated heterocycles. The summed E-state index contributed by atoms with van der Waals surface area (Å²) in [6.07, 6.45) is -4.12.